The van der Waals surface area contributed by atoms with Crippen molar-refractivity contribution in [1.29, 1.82) is 0 Å². The molecule has 1 aromatic carbocycles. The largest absolute Gasteiger partial charge is 0.295 e. The quantitative estimate of drug-likeness (QED) is 0.546. The van der Waals surface area contributed by atoms with Gasteiger partial charge in [0.15, 0.2) is 0 Å². The van der Waals surface area contributed by atoms with Gasteiger partial charge < -0.3 is 0 Å². The molecule has 2 heterocycles. The Morgan fingerprint density at radius 1 is 0.967 bits per heavy atom. The van der Waals surface area contributed by atoms with Gasteiger partial charge in [0.25, 0.3) is 11.8 Å². The number of aryl methyl sites for hydroxylation is 1. The third-order valence-electron chi connectivity index (χ3n) is 4.08. The van der Waals surface area contributed by atoms with Crippen LogP contribution in [0.3, 0.4) is 0 Å². The first-order chi connectivity index (χ1) is 14.0. The highest BCUT2D eigenvalue weighted by atomic mass is 32.2. The zero-order valence-electron chi connectivity index (χ0n) is 17.1. The molecule has 158 valence electrons. The Bertz CT molecular complexity index is 1210. The van der Waals surface area contributed by atoms with Gasteiger partial charge in [-0.3, -0.25) is 24.8 Å². The van der Waals surface area contributed by atoms with Crippen LogP contribution in [0.25, 0.3) is 5.65 Å². The molecule has 0 radical (unpaired) electrons. The van der Waals surface area contributed by atoms with Crippen molar-refractivity contribution in [2.45, 2.75) is 38.1 Å². The maximum Gasteiger partial charge on any atom is 0.288 e. The fourth-order valence-electron chi connectivity index (χ4n) is 2.88. The Morgan fingerprint density at radius 3 is 2.23 bits per heavy atom. The molecule has 0 unspecified atom stereocenters. The first kappa shape index (κ1) is 21.5. The van der Waals surface area contributed by atoms with Crippen molar-refractivity contribution >= 4 is 27.5 Å². The molecule has 0 aliphatic heterocycles. The number of hydrazine groups is 1. The van der Waals surface area contributed by atoms with Crippen molar-refractivity contribution in [3.8, 4) is 0 Å². The smallest absolute Gasteiger partial charge is 0.288 e. The average Bonchev–Trinajstić information content (AvgIpc) is 3.00. The molecule has 3 N–H and O–H groups in total. The van der Waals surface area contributed by atoms with Crippen molar-refractivity contribution in [2.75, 3.05) is 0 Å². The molecule has 30 heavy (non-hydrogen) atoms. The number of fused-ring (bicyclic) bond motifs is 1. The monoisotopic (exact) mass is 429 g/mol. The standard InChI is InChI=1S/C20H23N5O4S/c1-13-17(25-12-6-5-7-16(25)21-13)19(27)23-22-18(26)14-8-10-15(11-9-14)30(28,29)24-20(2,3)4/h5-12,24H,1-4H3,(H,22,26)(H,23,27). The number of aromatic nitrogens is 2. The number of amides is 2. The maximum absolute atomic E-state index is 12.5. The second-order valence-corrected chi connectivity index (χ2v) is 9.45. The highest BCUT2D eigenvalue weighted by Gasteiger charge is 2.22. The van der Waals surface area contributed by atoms with Crippen LogP contribution in [0.15, 0.2) is 53.6 Å². The third-order valence-corrected chi connectivity index (χ3v) is 5.85. The molecule has 0 aliphatic rings. The number of nitrogens with zero attached hydrogens (tertiary/aromatic N) is 2. The lowest BCUT2D eigenvalue weighted by atomic mass is 10.1. The summed E-state index contributed by atoms with van der Waals surface area (Å²) in [7, 11) is -3.70. The molecule has 0 fully saturated rings. The Balaban J connectivity index is 1.69. The highest BCUT2D eigenvalue weighted by molar-refractivity contribution is 7.89. The van der Waals surface area contributed by atoms with Gasteiger partial charge in [-0.05, 0) is 64.1 Å². The summed E-state index contributed by atoms with van der Waals surface area (Å²) in [4.78, 5) is 29.2. The number of nitrogens with one attached hydrogen (secondary N) is 3. The minimum Gasteiger partial charge on any atom is -0.295 e. The van der Waals surface area contributed by atoms with Crippen molar-refractivity contribution in [2.24, 2.45) is 0 Å². The minimum atomic E-state index is -3.70. The summed E-state index contributed by atoms with van der Waals surface area (Å²) in [5.41, 5.74) is 5.70. The molecule has 3 aromatic rings. The van der Waals surface area contributed by atoms with Crippen LogP contribution in [-0.2, 0) is 10.0 Å². The van der Waals surface area contributed by atoms with Crippen LogP contribution in [0, 0.1) is 6.92 Å². The molecule has 0 spiro atoms. The second kappa shape index (κ2) is 7.88. The second-order valence-electron chi connectivity index (χ2n) is 7.76. The number of benzene rings is 1. The van der Waals surface area contributed by atoms with Gasteiger partial charge in [0, 0.05) is 17.3 Å². The molecule has 10 heteroatoms. The number of rotatable bonds is 4. The number of hydrogen-bond donors (Lipinski definition) is 3. The van der Waals surface area contributed by atoms with Crippen LogP contribution in [-0.4, -0.2) is 35.2 Å². The Morgan fingerprint density at radius 2 is 1.60 bits per heavy atom. The first-order valence-corrected chi connectivity index (χ1v) is 10.6. The van der Waals surface area contributed by atoms with Crippen molar-refractivity contribution in [1.82, 2.24) is 25.0 Å². The summed E-state index contributed by atoms with van der Waals surface area (Å²) < 4.78 is 28.8. The molecule has 3 rings (SSSR count). The van der Waals surface area contributed by atoms with E-state index < -0.39 is 27.4 Å². The van der Waals surface area contributed by atoms with E-state index in [4.69, 9.17) is 0 Å². The van der Waals surface area contributed by atoms with Gasteiger partial charge in [-0.1, -0.05) is 6.07 Å². The fraction of sp³-hybridized carbons (Fsp3) is 0.250. The maximum atomic E-state index is 12.5. The summed E-state index contributed by atoms with van der Waals surface area (Å²) in [5, 5.41) is 0. The van der Waals surface area contributed by atoms with Gasteiger partial charge in [-0.25, -0.2) is 18.1 Å². The van der Waals surface area contributed by atoms with E-state index in [1.807, 2.05) is 6.07 Å². The predicted molar refractivity (Wildman–Crippen MR) is 111 cm³/mol. The molecular formula is C20H23N5O4S. The third kappa shape index (κ3) is 4.66. The van der Waals surface area contributed by atoms with Crippen molar-refractivity contribution in [3.63, 3.8) is 0 Å². The summed E-state index contributed by atoms with van der Waals surface area (Å²) in [6.45, 7) is 6.91. The number of hydrogen-bond acceptors (Lipinski definition) is 5. The summed E-state index contributed by atoms with van der Waals surface area (Å²) in [6.07, 6.45) is 1.71. The number of carbonyl (C=O) groups excluding carboxylic acids is 2. The fourth-order valence-corrected chi connectivity index (χ4v) is 4.30. The minimum absolute atomic E-state index is 0.0411. The zero-order valence-corrected chi connectivity index (χ0v) is 17.9. The number of imidazole rings is 1. The van der Waals surface area contributed by atoms with Crippen LogP contribution >= 0.6 is 0 Å². The lowest BCUT2D eigenvalue weighted by Crippen LogP contribution is -2.42. The first-order valence-electron chi connectivity index (χ1n) is 9.16. The Hall–Kier alpha value is -3.24. The van der Waals surface area contributed by atoms with E-state index in [1.165, 1.54) is 24.3 Å². The van der Waals surface area contributed by atoms with Crippen LogP contribution in [0.2, 0.25) is 0 Å². The molecule has 9 nitrogen and oxygen atoms in total. The SMILES string of the molecule is Cc1nc2ccccn2c1C(=O)NNC(=O)c1ccc(S(=O)(=O)NC(C)(C)C)cc1. The van der Waals surface area contributed by atoms with Gasteiger partial charge in [-0.2, -0.15) is 0 Å². The predicted octanol–water partition coefficient (Wildman–Crippen LogP) is 1.79. The molecular weight excluding hydrogens is 406 g/mol. The molecule has 0 aliphatic carbocycles. The topological polar surface area (TPSA) is 122 Å². The van der Waals surface area contributed by atoms with Crippen molar-refractivity contribution in [3.05, 3.63) is 65.6 Å². The van der Waals surface area contributed by atoms with E-state index in [0.717, 1.165) is 0 Å². The molecule has 0 bridgehead atoms. The molecule has 0 atom stereocenters. The lowest BCUT2D eigenvalue weighted by molar-refractivity contribution is 0.0843. The Labute approximate surface area is 174 Å². The van der Waals surface area contributed by atoms with E-state index in [2.05, 4.69) is 20.6 Å². The van der Waals surface area contributed by atoms with E-state index in [1.54, 1.807) is 50.4 Å². The molecule has 0 saturated carbocycles. The number of carbonyl (C=O) groups is 2. The Kier molecular flexibility index (Phi) is 5.64. The van der Waals surface area contributed by atoms with Gasteiger partial charge >= 0.3 is 0 Å². The van der Waals surface area contributed by atoms with Crippen molar-refractivity contribution < 1.29 is 18.0 Å². The zero-order chi connectivity index (χ0) is 22.1. The van der Waals surface area contributed by atoms with Crippen LogP contribution in [0.1, 0.15) is 47.3 Å². The molecule has 2 amide bonds. The van der Waals surface area contributed by atoms with E-state index in [0.29, 0.717) is 17.0 Å². The van der Waals surface area contributed by atoms with Crippen LogP contribution in [0.4, 0.5) is 0 Å². The number of sulfonamides is 1. The normalized spacial score (nSPS) is 12.0. The molecule has 0 saturated heterocycles. The van der Waals surface area contributed by atoms with Gasteiger partial charge in [0.1, 0.15) is 11.3 Å². The average molecular weight is 430 g/mol. The summed E-state index contributed by atoms with van der Waals surface area (Å²) >= 11 is 0. The summed E-state index contributed by atoms with van der Waals surface area (Å²) in [5.74, 6) is -1.10. The van der Waals surface area contributed by atoms with Crippen LogP contribution < -0.4 is 15.6 Å². The lowest BCUT2D eigenvalue weighted by Gasteiger charge is -2.20. The van der Waals surface area contributed by atoms with E-state index in [-0.39, 0.29) is 10.5 Å². The summed E-state index contributed by atoms with van der Waals surface area (Å²) in [6, 6.07) is 10.8. The number of pyridine rings is 1. The van der Waals surface area contributed by atoms with E-state index >= 15 is 0 Å². The van der Waals surface area contributed by atoms with Gasteiger partial charge in [0.05, 0.1) is 10.6 Å². The van der Waals surface area contributed by atoms with Gasteiger partial charge in [0.2, 0.25) is 10.0 Å². The highest BCUT2D eigenvalue weighted by Crippen LogP contribution is 2.14. The van der Waals surface area contributed by atoms with Gasteiger partial charge in [-0.15, -0.1) is 0 Å². The van der Waals surface area contributed by atoms with Crippen LogP contribution in [0.5, 0.6) is 0 Å². The molecule has 2 aromatic heterocycles. The van der Waals surface area contributed by atoms with E-state index in [9.17, 15) is 18.0 Å².